The van der Waals surface area contributed by atoms with Gasteiger partial charge in [0.05, 0.1) is 11.0 Å². The molecule has 35 heavy (non-hydrogen) atoms. The number of pyridine rings is 2. The molecular formula is C31H19N3O. The number of hydrogen-bond donors (Lipinski definition) is 0. The second kappa shape index (κ2) is 7.89. The zero-order chi connectivity index (χ0) is 23.2. The van der Waals surface area contributed by atoms with Crippen LogP contribution in [0.2, 0.25) is 0 Å². The third-order valence-electron chi connectivity index (χ3n) is 6.32. The van der Waals surface area contributed by atoms with Gasteiger partial charge in [-0.3, -0.25) is 9.97 Å². The van der Waals surface area contributed by atoms with Crippen LogP contribution < -0.4 is 0 Å². The largest absolute Gasteiger partial charge is 0.436 e. The van der Waals surface area contributed by atoms with Crippen LogP contribution in [-0.4, -0.2) is 15.0 Å². The minimum atomic E-state index is 0.594. The van der Waals surface area contributed by atoms with Gasteiger partial charge in [-0.2, -0.15) is 0 Å². The average molecular weight is 450 g/mol. The number of nitrogens with zero attached hydrogens (tertiary/aromatic N) is 3. The summed E-state index contributed by atoms with van der Waals surface area (Å²) >= 11 is 0. The van der Waals surface area contributed by atoms with Gasteiger partial charge < -0.3 is 4.42 Å². The first-order valence-corrected chi connectivity index (χ1v) is 11.5. The number of aromatic nitrogens is 3. The maximum atomic E-state index is 6.13. The summed E-state index contributed by atoms with van der Waals surface area (Å²) in [4.78, 5) is 14.1. The molecule has 0 radical (unpaired) electrons. The van der Waals surface area contributed by atoms with Crippen molar-refractivity contribution in [2.45, 2.75) is 0 Å². The molecular weight excluding hydrogens is 430 g/mol. The lowest BCUT2D eigenvalue weighted by Gasteiger charge is -2.10. The quantitative estimate of drug-likeness (QED) is 0.275. The van der Waals surface area contributed by atoms with E-state index in [1.54, 1.807) is 0 Å². The Balaban J connectivity index is 1.45. The van der Waals surface area contributed by atoms with Crippen LogP contribution >= 0.6 is 0 Å². The van der Waals surface area contributed by atoms with Gasteiger partial charge in [0.15, 0.2) is 5.58 Å². The van der Waals surface area contributed by atoms with E-state index in [4.69, 9.17) is 9.40 Å². The van der Waals surface area contributed by atoms with Gasteiger partial charge in [-0.05, 0) is 65.7 Å². The second-order valence-corrected chi connectivity index (χ2v) is 8.62. The van der Waals surface area contributed by atoms with Crippen molar-refractivity contribution in [3.8, 4) is 33.7 Å². The van der Waals surface area contributed by atoms with E-state index in [-0.39, 0.29) is 0 Å². The van der Waals surface area contributed by atoms with Crippen LogP contribution in [0.15, 0.2) is 120 Å². The highest BCUT2D eigenvalue weighted by Gasteiger charge is 2.13. The number of hydrogen-bond acceptors (Lipinski definition) is 4. The fourth-order valence-corrected chi connectivity index (χ4v) is 4.54. The predicted molar refractivity (Wildman–Crippen MR) is 141 cm³/mol. The van der Waals surface area contributed by atoms with Gasteiger partial charge in [-0.15, -0.1) is 0 Å². The highest BCUT2D eigenvalue weighted by Crippen LogP contribution is 2.35. The molecule has 0 N–H and O–H groups in total. The molecule has 7 aromatic rings. The molecule has 0 saturated carbocycles. The van der Waals surface area contributed by atoms with E-state index in [9.17, 15) is 0 Å². The van der Waals surface area contributed by atoms with Crippen LogP contribution in [0.3, 0.4) is 0 Å². The Kier molecular flexibility index (Phi) is 4.42. The minimum absolute atomic E-state index is 0.594. The molecule has 0 spiro atoms. The van der Waals surface area contributed by atoms with Crippen molar-refractivity contribution in [1.29, 1.82) is 0 Å². The number of fused-ring (bicyclic) bond motifs is 3. The molecule has 4 heteroatoms. The summed E-state index contributed by atoms with van der Waals surface area (Å²) < 4.78 is 6.13. The molecule has 0 saturated heterocycles. The Labute approximate surface area is 201 Å². The Morgan fingerprint density at radius 3 is 1.57 bits per heavy atom. The van der Waals surface area contributed by atoms with Crippen LogP contribution in [0, 0.1) is 0 Å². The molecule has 0 amide bonds. The Morgan fingerprint density at radius 1 is 0.457 bits per heavy atom. The summed E-state index contributed by atoms with van der Waals surface area (Å²) in [6.45, 7) is 0. The first-order valence-electron chi connectivity index (χ1n) is 11.5. The fourth-order valence-electron chi connectivity index (χ4n) is 4.54. The summed E-state index contributed by atoms with van der Waals surface area (Å²) in [6, 6.07) is 34.9. The van der Waals surface area contributed by atoms with E-state index in [0.717, 1.165) is 60.7 Å². The Morgan fingerprint density at radius 2 is 0.971 bits per heavy atom. The van der Waals surface area contributed by atoms with Gasteiger partial charge in [-0.25, -0.2) is 4.98 Å². The zero-order valence-electron chi connectivity index (χ0n) is 18.7. The normalized spacial score (nSPS) is 11.4. The van der Waals surface area contributed by atoms with Crippen LogP contribution in [0.4, 0.5) is 0 Å². The van der Waals surface area contributed by atoms with E-state index in [1.165, 1.54) is 0 Å². The van der Waals surface area contributed by atoms with Crippen molar-refractivity contribution in [3.05, 3.63) is 116 Å². The SMILES string of the molecule is c1ccc2ncc(-c3cc(-c4cnc5ccccc5c4)cc(-c4nc5ccccc5o4)c3)cc2c1. The second-order valence-electron chi connectivity index (χ2n) is 8.62. The summed E-state index contributed by atoms with van der Waals surface area (Å²) in [5, 5.41) is 2.21. The lowest BCUT2D eigenvalue weighted by Crippen LogP contribution is -1.89. The molecule has 3 heterocycles. The Bertz CT molecular complexity index is 1740. The summed E-state index contributed by atoms with van der Waals surface area (Å²) in [7, 11) is 0. The molecule has 0 atom stereocenters. The molecule has 0 unspecified atom stereocenters. The zero-order valence-corrected chi connectivity index (χ0v) is 18.7. The van der Waals surface area contributed by atoms with Crippen LogP contribution in [0.25, 0.3) is 66.6 Å². The highest BCUT2D eigenvalue weighted by atomic mass is 16.3. The number of oxazole rings is 1. The van der Waals surface area contributed by atoms with Crippen molar-refractivity contribution in [2.24, 2.45) is 0 Å². The maximum absolute atomic E-state index is 6.13. The number of rotatable bonds is 3. The molecule has 4 aromatic carbocycles. The third kappa shape index (κ3) is 3.52. The molecule has 4 nitrogen and oxygen atoms in total. The molecule has 7 rings (SSSR count). The summed E-state index contributed by atoms with van der Waals surface area (Å²) in [5.41, 5.74) is 8.65. The van der Waals surface area contributed by atoms with Gasteiger partial charge in [0.1, 0.15) is 5.52 Å². The van der Waals surface area contributed by atoms with Crippen molar-refractivity contribution in [1.82, 2.24) is 15.0 Å². The maximum Gasteiger partial charge on any atom is 0.227 e. The lowest BCUT2D eigenvalue weighted by atomic mass is 9.96. The van der Waals surface area contributed by atoms with E-state index >= 15 is 0 Å². The number of para-hydroxylation sites is 4. The first kappa shape index (κ1) is 19.6. The highest BCUT2D eigenvalue weighted by molar-refractivity contribution is 5.88. The predicted octanol–water partition coefficient (Wildman–Crippen LogP) is 7.93. The average Bonchev–Trinajstić information content (AvgIpc) is 3.37. The first-order chi connectivity index (χ1) is 17.3. The molecule has 0 aliphatic carbocycles. The smallest absolute Gasteiger partial charge is 0.227 e. The Hall–Kier alpha value is -4.83. The van der Waals surface area contributed by atoms with E-state index in [2.05, 4.69) is 52.4 Å². The monoisotopic (exact) mass is 449 g/mol. The molecule has 0 aliphatic heterocycles. The van der Waals surface area contributed by atoms with Crippen molar-refractivity contribution < 1.29 is 4.42 Å². The van der Waals surface area contributed by atoms with Gasteiger partial charge >= 0.3 is 0 Å². The van der Waals surface area contributed by atoms with Gasteiger partial charge in [-0.1, -0.05) is 48.5 Å². The van der Waals surface area contributed by atoms with E-state index in [0.29, 0.717) is 5.89 Å². The van der Waals surface area contributed by atoms with Crippen LogP contribution in [-0.2, 0) is 0 Å². The van der Waals surface area contributed by atoms with Crippen LogP contribution in [0.1, 0.15) is 0 Å². The molecule has 0 bridgehead atoms. The van der Waals surface area contributed by atoms with E-state index in [1.807, 2.05) is 73.1 Å². The minimum Gasteiger partial charge on any atom is -0.436 e. The van der Waals surface area contributed by atoms with Crippen molar-refractivity contribution in [3.63, 3.8) is 0 Å². The number of benzene rings is 4. The molecule has 3 aromatic heterocycles. The van der Waals surface area contributed by atoms with Gasteiger partial charge in [0.25, 0.3) is 0 Å². The lowest BCUT2D eigenvalue weighted by molar-refractivity contribution is 0.620. The van der Waals surface area contributed by atoms with E-state index < -0.39 is 0 Å². The molecule has 164 valence electrons. The molecule has 0 fully saturated rings. The van der Waals surface area contributed by atoms with Crippen LogP contribution in [0.5, 0.6) is 0 Å². The van der Waals surface area contributed by atoms with Gasteiger partial charge in [0.2, 0.25) is 5.89 Å². The van der Waals surface area contributed by atoms with Crippen molar-refractivity contribution in [2.75, 3.05) is 0 Å². The third-order valence-corrected chi connectivity index (χ3v) is 6.32. The molecule has 0 aliphatic rings. The standard InChI is InChI=1S/C31H19N3O/c1-3-9-27-20(7-1)13-25(18-32-27)22-15-23(26-14-21-8-2-4-10-28(21)33-19-26)17-24(16-22)31-34-29-11-5-6-12-30(29)35-31/h1-19H. The topological polar surface area (TPSA) is 51.8 Å². The van der Waals surface area contributed by atoms with Crippen molar-refractivity contribution >= 4 is 32.9 Å². The summed E-state index contributed by atoms with van der Waals surface area (Å²) in [6.07, 6.45) is 3.85. The summed E-state index contributed by atoms with van der Waals surface area (Å²) in [5.74, 6) is 0.594. The van der Waals surface area contributed by atoms with Gasteiger partial charge in [0, 0.05) is 39.9 Å². The fraction of sp³-hybridized carbons (Fsp3) is 0.